The summed E-state index contributed by atoms with van der Waals surface area (Å²) in [6, 6.07) is 47.4. The number of para-hydroxylation sites is 1. The van der Waals surface area contributed by atoms with Crippen LogP contribution in [0.2, 0.25) is 0 Å². The van der Waals surface area contributed by atoms with Gasteiger partial charge in [-0.3, -0.25) is 0 Å². The molecule has 0 spiro atoms. The van der Waals surface area contributed by atoms with E-state index >= 15 is 0 Å². The standard InChI is InChI=1S/C37H23N3O/c1-4-13-24(14-5-1)27-20-12-21-28-30(27)23-31(33-29-19-10-11-22-32(29)41-34(28)33)37-39-35(25-15-6-2-7-16-25)38-36(40-37)26-17-8-3-9-18-26/h1-23H. The molecule has 0 saturated carbocycles. The number of nitrogens with zero attached hydrogens (tertiary/aromatic N) is 3. The van der Waals surface area contributed by atoms with Crippen molar-refractivity contribution >= 4 is 32.7 Å². The predicted molar refractivity (Wildman–Crippen MR) is 166 cm³/mol. The molecule has 0 aliphatic rings. The molecule has 0 amide bonds. The van der Waals surface area contributed by atoms with E-state index in [1.165, 1.54) is 0 Å². The van der Waals surface area contributed by atoms with E-state index in [0.717, 1.165) is 60.5 Å². The highest BCUT2D eigenvalue weighted by atomic mass is 16.3. The average Bonchev–Trinajstić information content (AvgIpc) is 3.45. The second-order valence-corrected chi connectivity index (χ2v) is 10.0. The Morgan fingerprint density at radius 3 is 1.59 bits per heavy atom. The Labute approximate surface area is 236 Å². The first-order valence-corrected chi connectivity index (χ1v) is 13.6. The third-order valence-corrected chi connectivity index (χ3v) is 7.53. The number of hydrogen-bond acceptors (Lipinski definition) is 4. The van der Waals surface area contributed by atoms with E-state index in [0.29, 0.717) is 17.5 Å². The van der Waals surface area contributed by atoms with Gasteiger partial charge in [0.15, 0.2) is 17.5 Å². The molecule has 41 heavy (non-hydrogen) atoms. The van der Waals surface area contributed by atoms with Crippen molar-refractivity contribution in [3.05, 3.63) is 140 Å². The Hall–Kier alpha value is -5.61. The van der Waals surface area contributed by atoms with Gasteiger partial charge in [-0.05, 0) is 28.6 Å². The molecule has 6 aromatic carbocycles. The Bertz CT molecular complexity index is 2130. The zero-order chi connectivity index (χ0) is 27.2. The molecule has 0 fully saturated rings. The zero-order valence-electron chi connectivity index (χ0n) is 22.0. The number of benzene rings is 6. The molecule has 4 heteroatoms. The number of aromatic nitrogens is 3. The van der Waals surface area contributed by atoms with E-state index in [1.807, 2.05) is 84.9 Å². The average molecular weight is 526 g/mol. The van der Waals surface area contributed by atoms with Crippen molar-refractivity contribution in [2.24, 2.45) is 0 Å². The third-order valence-electron chi connectivity index (χ3n) is 7.53. The molecule has 0 saturated heterocycles. The summed E-state index contributed by atoms with van der Waals surface area (Å²) in [4.78, 5) is 15.1. The van der Waals surface area contributed by atoms with Crippen molar-refractivity contribution in [1.82, 2.24) is 15.0 Å². The van der Waals surface area contributed by atoms with Crippen molar-refractivity contribution in [1.29, 1.82) is 0 Å². The van der Waals surface area contributed by atoms with Crippen LogP contribution in [0.15, 0.2) is 144 Å². The van der Waals surface area contributed by atoms with E-state index in [-0.39, 0.29) is 0 Å². The van der Waals surface area contributed by atoms with Gasteiger partial charge in [0.2, 0.25) is 0 Å². The van der Waals surface area contributed by atoms with Crippen LogP contribution in [0.5, 0.6) is 0 Å². The van der Waals surface area contributed by atoms with Crippen molar-refractivity contribution in [3.8, 4) is 45.3 Å². The van der Waals surface area contributed by atoms with Gasteiger partial charge in [-0.25, -0.2) is 15.0 Å². The van der Waals surface area contributed by atoms with Crippen molar-refractivity contribution in [3.63, 3.8) is 0 Å². The topological polar surface area (TPSA) is 51.8 Å². The summed E-state index contributed by atoms with van der Waals surface area (Å²) < 4.78 is 6.58. The Balaban J connectivity index is 1.50. The maximum atomic E-state index is 6.58. The number of rotatable bonds is 4. The summed E-state index contributed by atoms with van der Waals surface area (Å²) >= 11 is 0. The van der Waals surface area contributed by atoms with Crippen LogP contribution in [0.1, 0.15) is 0 Å². The smallest absolute Gasteiger partial charge is 0.164 e. The molecule has 2 heterocycles. The van der Waals surface area contributed by atoms with Crippen LogP contribution >= 0.6 is 0 Å². The molecule has 0 unspecified atom stereocenters. The number of furan rings is 1. The third kappa shape index (κ3) is 3.97. The highest BCUT2D eigenvalue weighted by molar-refractivity contribution is 6.22. The Morgan fingerprint density at radius 2 is 0.927 bits per heavy atom. The van der Waals surface area contributed by atoms with Gasteiger partial charge in [0.25, 0.3) is 0 Å². The second kappa shape index (κ2) is 9.54. The molecule has 4 nitrogen and oxygen atoms in total. The molecule has 0 aliphatic heterocycles. The SMILES string of the molecule is c1ccc(-c2nc(-c3ccccc3)nc(-c3cc4c(-c5ccccc5)cccc4c4oc5ccccc5c34)n2)cc1. The zero-order valence-corrected chi connectivity index (χ0v) is 22.0. The second-order valence-electron chi connectivity index (χ2n) is 10.0. The summed E-state index contributed by atoms with van der Waals surface area (Å²) in [5.41, 5.74) is 6.73. The maximum absolute atomic E-state index is 6.58. The largest absolute Gasteiger partial charge is 0.455 e. The van der Waals surface area contributed by atoms with Crippen molar-refractivity contribution < 1.29 is 4.42 Å². The normalized spacial score (nSPS) is 11.4. The molecule has 0 radical (unpaired) electrons. The Kier molecular flexibility index (Phi) is 5.42. The predicted octanol–water partition coefficient (Wildman–Crippen LogP) is 9.59. The fourth-order valence-electron chi connectivity index (χ4n) is 5.61. The van der Waals surface area contributed by atoms with Crippen LogP contribution in [0, 0.1) is 0 Å². The van der Waals surface area contributed by atoms with E-state index in [4.69, 9.17) is 19.4 Å². The van der Waals surface area contributed by atoms with Crippen LogP contribution < -0.4 is 0 Å². The lowest BCUT2D eigenvalue weighted by molar-refractivity contribution is 0.672. The first-order valence-electron chi connectivity index (χ1n) is 13.6. The van der Waals surface area contributed by atoms with Gasteiger partial charge < -0.3 is 4.42 Å². The van der Waals surface area contributed by atoms with E-state index in [1.54, 1.807) is 0 Å². The van der Waals surface area contributed by atoms with Crippen LogP contribution in [-0.4, -0.2) is 15.0 Å². The van der Waals surface area contributed by atoms with Crippen LogP contribution in [-0.2, 0) is 0 Å². The summed E-state index contributed by atoms with van der Waals surface area (Å²) in [5.74, 6) is 1.87. The molecular formula is C37H23N3O. The van der Waals surface area contributed by atoms with Crippen LogP contribution in [0.4, 0.5) is 0 Å². The highest BCUT2D eigenvalue weighted by Crippen LogP contribution is 2.43. The number of fused-ring (bicyclic) bond motifs is 5. The summed E-state index contributed by atoms with van der Waals surface area (Å²) in [6.45, 7) is 0. The highest BCUT2D eigenvalue weighted by Gasteiger charge is 2.21. The molecule has 0 atom stereocenters. The maximum Gasteiger partial charge on any atom is 0.164 e. The quantitative estimate of drug-likeness (QED) is 0.230. The first-order chi connectivity index (χ1) is 20.3. The van der Waals surface area contributed by atoms with Gasteiger partial charge in [-0.2, -0.15) is 0 Å². The van der Waals surface area contributed by atoms with Gasteiger partial charge >= 0.3 is 0 Å². The minimum absolute atomic E-state index is 0.610. The minimum atomic E-state index is 0.610. The van der Waals surface area contributed by atoms with Gasteiger partial charge in [0, 0.05) is 32.8 Å². The molecule has 192 valence electrons. The monoisotopic (exact) mass is 525 g/mol. The molecule has 8 rings (SSSR count). The van der Waals surface area contributed by atoms with Gasteiger partial charge in [-0.1, -0.05) is 127 Å². The lowest BCUT2D eigenvalue weighted by atomic mass is 9.93. The summed E-state index contributed by atoms with van der Waals surface area (Å²) in [7, 11) is 0. The van der Waals surface area contributed by atoms with Crippen LogP contribution in [0.25, 0.3) is 78.0 Å². The summed E-state index contributed by atoms with van der Waals surface area (Å²) in [5, 5.41) is 4.18. The first kappa shape index (κ1) is 23.3. The molecular weight excluding hydrogens is 502 g/mol. The van der Waals surface area contributed by atoms with Gasteiger partial charge in [0.05, 0.1) is 0 Å². The Morgan fingerprint density at radius 1 is 0.390 bits per heavy atom. The molecule has 0 aliphatic carbocycles. The van der Waals surface area contributed by atoms with Crippen LogP contribution in [0.3, 0.4) is 0 Å². The van der Waals surface area contributed by atoms with Crippen molar-refractivity contribution in [2.45, 2.75) is 0 Å². The van der Waals surface area contributed by atoms with E-state index in [9.17, 15) is 0 Å². The lowest BCUT2D eigenvalue weighted by Crippen LogP contribution is -2.00. The fraction of sp³-hybridized carbons (Fsp3) is 0. The molecule has 8 aromatic rings. The van der Waals surface area contributed by atoms with Gasteiger partial charge in [0.1, 0.15) is 11.2 Å². The fourth-order valence-corrected chi connectivity index (χ4v) is 5.61. The molecule has 0 bridgehead atoms. The number of hydrogen-bond donors (Lipinski definition) is 0. The van der Waals surface area contributed by atoms with Crippen molar-refractivity contribution in [2.75, 3.05) is 0 Å². The summed E-state index contributed by atoms with van der Waals surface area (Å²) in [6.07, 6.45) is 0. The van der Waals surface area contributed by atoms with E-state index in [2.05, 4.69) is 54.6 Å². The lowest BCUT2D eigenvalue weighted by Gasteiger charge is -2.12. The van der Waals surface area contributed by atoms with Gasteiger partial charge in [-0.15, -0.1) is 0 Å². The minimum Gasteiger partial charge on any atom is -0.455 e. The molecule has 2 aromatic heterocycles. The molecule has 0 N–H and O–H groups in total. The van der Waals surface area contributed by atoms with E-state index < -0.39 is 0 Å².